The summed E-state index contributed by atoms with van der Waals surface area (Å²) in [6.07, 6.45) is 0. The van der Waals surface area contributed by atoms with Crippen LogP contribution in [0, 0.1) is 6.92 Å². The molecule has 6 heteroatoms. The zero-order valence-electron chi connectivity index (χ0n) is 11.1. The number of benzene rings is 1. The van der Waals surface area contributed by atoms with Crippen LogP contribution in [0.4, 0.5) is 0 Å². The molecule has 19 heavy (non-hydrogen) atoms. The van der Waals surface area contributed by atoms with Gasteiger partial charge in [0.05, 0.1) is 24.9 Å². The molecule has 0 saturated heterocycles. The minimum absolute atomic E-state index is 0.161. The van der Waals surface area contributed by atoms with Gasteiger partial charge in [-0.2, -0.15) is 0 Å². The fourth-order valence-electron chi connectivity index (χ4n) is 1.24. The van der Waals surface area contributed by atoms with Crippen molar-refractivity contribution in [3.8, 4) is 5.75 Å². The van der Waals surface area contributed by atoms with Gasteiger partial charge in [0.15, 0.2) is 6.61 Å². The Hall–Kier alpha value is -1.69. The Balaban J connectivity index is 2.73. The Labute approximate surface area is 116 Å². The summed E-state index contributed by atoms with van der Waals surface area (Å²) in [4.78, 5) is 23.0. The molecule has 0 spiro atoms. The monoisotopic (exact) mass is 284 g/mol. The maximum atomic E-state index is 11.1. The van der Waals surface area contributed by atoms with E-state index in [4.69, 9.17) is 4.74 Å². The summed E-state index contributed by atoms with van der Waals surface area (Å²) in [5, 5.41) is 0. The lowest BCUT2D eigenvalue weighted by Crippen LogP contribution is -2.13. The van der Waals surface area contributed by atoms with Crippen molar-refractivity contribution in [3.05, 3.63) is 23.8 Å². The quantitative estimate of drug-likeness (QED) is 0.586. The number of ether oxygens (including phenoxy) is 3. The highest BCUT2D eigenvalue weighted by atomic mass is 32.2. The summed E-state index contributed by atoms with van der Waals surface area (Å²) in [6.45, 7) is 1.78. The van der Waals surface area contributed by atoms with Gasteiger partial charge in [0.25, 0.3) is 0 Å². The van der Waals surface area contributed by atoms with Crippen molar-refractivity contribution >= 4 is 23.7 Å². The molecule has 0 N–H and O–H groups in total. The number of aryl methyl sites for hydroxylation is 1. The number of methoxy groups -OCH3 is 2. The first-order valence-corrected chi connectivity index (χ1v) is 6.55. The van der Waals surface area contributed by atoms with Crippen molar-refractivity contribution in [3.63, 3.8) is 0 Å². The third-order valence-electron chi connectivity index (χ3n) is 2.25. The predicted octanol–water partition coefficient (Wildman–Crippen LogP) is 1.81. The van der Waals surface area contributed by atoms with Gasteiger partial charge in [0, 0.05) is 0 Å². The maximum Gasteiger partial charge on any atom is 0.343 e. The van der Waals surface area contributed by atoms with Crippen LogP contribution in [0.3, 0.4) is 0 Å². The number of hydrogen-bond acceptors (Lipinski definition) is 6. The lowest BCUT2D eigenvalue weighted by Gasteiger charge is -2.10. The fourth-order valence-corrected chi connectivity index (χ4v) is 2.17. The highest BCUT2D eigenvalue weighted by Crippen LogP contribution is 2.30. The van der Waals surface area contributed by atoms with E-state index >= 15 is 0 Å². The van der Waals surface area contributed by atoms with Crippen LogP contribution in [0.25, 0.3) is 0 Å². The minimum Gasteiger partial charge on any atom is -0.481 e. The molecule has 0 aliphatic carbocycles. The molecule has 0 amide bonds. The van der Waals surface area contributed by atoms with Crippen LogP contribution in [-0.2, 0) is 19.1 Å². The molecule has 0 unspecified atom stereocenters. The lowest BCUT2D eigenvalue weighted by molar-refractivity contribution is -0.143. The number of rotatable bonds is 6. The van der Waals surface area contributed by atoms with Crippen molar-refractivity contribution in [1.29, 1.82) is 0 Å². The maximum absolute atomic E-state index is 11.1. The van der Waals surface area contributed by atoms with Crippen molar-refractivity contribution in [2.24, 2.45) is 0 Å². The first kappa shape index (κ1) is 15.4. The van der Waals surface area contributed by atoms with Gasteiger partial charge in [0.1, 0.15) is 5.75 Å². The molecule has 0 fully saturated rings. The normalized spacial score (nSPS) is 9.84. The molecule has 104 valence electrons. The molecule has 1 aromatic carbocycles. The van der Waals surface area contributed by atoms with Crippen LogP contribution in [0.2, 0.25) is 0 Å². The Morgan fingerprint density at radius 1 is 1.16 bits per heavy atom. The highest BCUT2D eigenvalue weighted by Gasteiger charge is 2.10. The number of thioether (sulfide) groups is 1. The average Bonchev–Trinajstić information content (AvgIpc) is 2.43. The topological polar surface area (TPSA) is 61.8 Å². The zero-order chi connectivity index (χ0) is 14.3. The molecule has 1 aromatic rings. The first-order chi connectivity index (χ1) is 9.06. The van der Waals surface area contributed by atoms with E-state index in [9.17, 15) is 9.59 Å². The van der Waals surface area contributed by atoms with Gasteiger partial charge < -0.3 is 14.2 Å². The zero-order valence-corrected chi connectivity index (χ0v) is 11.9. The molecular weight excluding hydrogens is 268 g/mol. The van der Waals surface area contributed by atoms with Crippen LogP contribution in [0.15, 0.2) is 23.1 Å². The molecule has 1 rings (SSSR count). The number of esters is 2. The number of carbonyl (C=O) groups excluding carboxylic acids is 2. The molecule has 0 atom stereocenters. The highest BCUT2D eigenvalue weighted by molar-refractivity contribution is 8.00. The van der Waals surface area contributed by atoms with E-state index in [1.807, 2.05) is 19.1 Å². The van der Waals surface area contributed by atoms with Crippen molar-refractivity contribution in [2.75, 3.05) is 26.6 Å². The molecule has 0 aliphatic rings. The molecule has 0 saturated carbocycles. The van der Waals surface area contributed by atoms with Crippen molar-refractivity contribution in [1.82, 2.24) is 0 Å². The van der Waals surface area contributed by atoms with E-state index in [1.165, 1.54) is 26.0 Å². The van der Waals surface area contributed by atoms with Crippen molar-refractivity contribution in [2.45, 2.75) is 11.8 Å². The first-order valence-electron chi connectivity index (χ1n) is 5.56. The second-order valence-corrected chi connectivity index (χ2v) is 4.70. The second-order valence-electron chi connectivity index (χ2n) is 3.68. The summed E-state index contributed by atoms with van der Waals surface area (Å²) in [6, 6.07) is 5.52. The van der Waals surface area contributed by atoms with E-state index in [-0.39, 0.29) is 18.3 Å². The smallest absolute Gasteiger partial charge is 0.343 e. The molecule has 0 radical (unpaired) electrons. The number of hydrogen-bond donors (Lipinski definition) is 0. The SMILES string of the molecule is COC(=O)COc1ccc(C)cc1SCC(=O)OC. The molecular formula is C13H16O5S. The standard InChI is InChI=1S/C13H16O5S/c1-9-4-5-10(18-7-12(14)16-2)11(6-9)19-8-13(15)17-3/h4-6H,7-8H2,1-3H3. The van der Waals surface area contributed by atoms with Gasteiger partial charge in [-0.1, -0.05) is 6.07 Å². The summed E-state index contributed by atoms with van der Waals surface area (Å²) in [7, 11) is 2.64. The van der Waals surface area contributed by atoms with Crippen LogP contribution in [0.1, 0.15) is 5.56 Å². The Kier molecular flexibility index (Phi) is 6.21. The van der Waals surface area contributed by atoms with E-state index in [0.717, 1.165) is 10.5 Å². The van der Waals surface area contributed by atoms with Gasteiger partial charge in [0.2, 0.25) is 0 Å². The van der Waals surface area contributed by atoms with E-state index in [0.29, 0.717) is 5.75 Å². The summed E-state index contributed by atoms with van der Waals surface area (Å²) < 4.78 is 14.5. The van der Waals surface area contributed by atoms with E-state index < -0.39 is 5.97 Å². The Bertz CT molecular complexity index is 458. The van der Waals surface area contributed by atoms with Gasteiger partial charge in [-0.25, -0.2) is 4.79 Å². The second kappa shape index (κ2) is 7.68. The van der Waals surface area contributed by atoms with Crippen LogP contribution >= 0.6 is 11.8 Å². The summed E-state index contributed by atoms with van der Waals surface area (Å²) in [5.74, 6) is -0.0334. The number of carbonyl (C=O) groups is 2. The van der Waals surface area contributed by atoms with Crippen LogP contribution < -0.4 is 4.74 Å². The molecule has 5 nitrogen and oxygen atoms in total. The van der Waals surface area contributed by atoms with E-state index in [2.05, 4.69) is 9.47 Å². The van der Waals surface area contributed by atoms with Gasteiger partial charge in [-0.15, -0.1) is 11.8 Å². The third kappa shape index (κ3) is 5.21. The summed E-state index contributed by atoms with van der Waals surface area (Å²) in [5.41, 5.74) is 1.04. The average molecular weight is 284 g/mol. The van der Waals surface area contributed by atoms with Crippen LogP contribution in [0.5, 0.6) is 5.75 Å². The largest absolute Gasteiger partial charge is 0.481 e. The van der Waals surface area contributed by atoms with Gasteiger partial charge in [-0.05, 0) is 24.6 Å². The molecule has 0 aromatic heterocycles. The van der Waals surface area contributed by atoms with Gasteiger partial charge in [-0.3, -0.25) is 4.79 Å². The third-order valence-corrected chi connectivity index (χ3v) is 3.26. The van der Waals surface area contributed by atoms with Crippen molar-refractivity contribution < 1.29 is 23.8 Å². The predicted molar refractivity (Wildman–Crippen MR) is 71.4 cm³/mol. The fraction of sp³-hybridized carbons (Fsp3) is 0.385. The molecule has 0 heterocycles. The summed E-state index contributed by atoms with van der Waals surface area (Å²) >= 11 is 1.30. The Morgan fingerprint density at radius 3 is 2.47 bits per heavy atom. The molecule has 0 aliphatic heterocycles. The van der Waals surface area contributed by atoms with E-state index in [1.54, 1.807) is 6.07 Å². The van der Waals surface area contributed by atoms with Gasteiger partial charge >= 0.3 is 11.9 Å². The lowest BCUT2D eigenvalue weighted by atomic mass is 10.2. The minimum atomic E-state index is -0.454. The molecule has 0 bridgehead atoms. The van der Waals surface area contributed by atoms with Crippen LogP contribution in [-0.4, -0.2) is 38.5 Å². The Morgan fingerprint density at radius 2 is 1.84 bits per heavy atom.